The molecule has 3 amide bonds. The molecule has 0 fully saturated rings. The quantitative estimate of drug-likeness (QED) is 0.382. The number of rotatable bonds is 4. The number of carbonyl (C=O) groups is 3. The Bertz CT molecular complexity index is 1280. The second kappa shape index (κ2) is 7.05. The number of aromatic nitrogens is 1. The van der Waals surface area contributed by atoms with Crippen LogP contribution in [-0.4, -0.2) is 45.1 Å². The highest BCUT2D eigenvalue weighted by atomic mass is 16.6. The van der Waals surface area contributed by atoms with Crippen LogP contribution in [0.5, 0.6) is 0 Å². The predicted molar refractivity (Wildman–Crippen MR) is 111 cm³/mol. The molecule has 0 bridgehead atoms. The minimum absolute atomic E-state index is 0.0487. The van der Waals surface area contributed by atoms with E-state index < -0.39 is 29.2 Å². The Morgan fingerprint density at radius 1 is 1.16 bits per heavy atom. The minimum atomic E-state index is -0.694. The van der Waals surface area contributed by atoms with Gasteiger partial charge in [-0.1, -0.05) is 18.2 Å². The van der Waals surface area contributed by atoms with Gasteiger partial charge in [-0.2, -0.15) is 0 Å². The van der Waals surface area contributed by atoms with E-state index in [0.717, 1.165) is 35.0 Å². The van der Waals surface area contributed by atoms with Crippen LogP contribution in [0.2, 0.25) is 0 Å². The fourth-order valence-electron chi connectivity index (χ4n) is 4.46. The summed E-state index contributed by atoms with van der Waals surface area (Å²) in [4.78, 5) is 52.2. The molecule has 3 aromatic rings. The van der Waals surface area contributed by atoms with Crippen LogP contribution in [0.25, 0.3) is 10.9 Å². The topological polar surface area (TPSA) is 125 Å². The lowest BCUT2D eigenvalue weighted by atomic mass is 9.92. The number of nitro benzene ring substituents is 1. The van der Waals surface area contributed by atoms with E-state index in [9.17, 15) is 24.5 Å². The van der Waals surface area contributed by atoms with Gasteiger partial charge in [0.15, 0.2) is 0 Å². The Balaban J connectivity index is 1.27. The first-order valence-electron chi connectivity index (χ1n) is 9.95. The third-order valence-electron chi connectivity index (χ3n) is 5.93. The van der Waals surface area contributed by atoms with Crippen molar-refractivity contribution in [3.05, 3.63) is 75.0 Å². The lowest BCUT2D eigenvalue weighted by Crippen LogP contribution is -2.45. The second-order valence-electron chi connectivity index (χ2n) is 7.82. The molecule has 0 saturated carbocycles. The lowest BCUT2D eigenvalue weighted by Gasteiger charge is -2.24. The van der Waals surface area contributed by atoms with Gasteiger partial charge in [-0.25, -0.2) is 0 Å². The molecule has 2 aliphatic rings. The number of carbonyl (C=O) groups excluding carboxylic acids is 3. The Morgan fingerprint density at radius 3 is 2.74 bits per heavy atom. The number of nitrogens with zero attached hydrogens (tertiary/aromatic N) is 2. The van der Waals surface area contributed by atoms with E-state index in [1.807, 2.05) is 18.2 Å². The Morgan fingerprint density at radius 2 is 1.94 bits per heavy atom. The Kier molecular flexibility index (Phi) is 4.32. The van der Waals surface area contributed by atoms with E-state index in [1.165, 1.54) is 23.1 Å². The minimum Gasteiger partial charge on any atom is -0.358 e. The van der Waals surface area contributed by atoms with Crippen LogP contribution >= 0.6 is 0 Å². The maximum Gasteiger partial charge on any atom is 0.270 e. The number of aryl methyl sites for hydroxylation is 1. The summed E-state index contributed by atoms with van der Waals surface area (Å²) >= 11 is 0. The molecule has 0 radical (unpaired) electrons. The number of imide groups is 1. The van der Waals surface area contributed by atoms with Gasteiger partial charge in [0, 0.05) is 41.2 Å². The molecule has 2 N–H and O–H groups in total. The van der Waals surface area contributed by atoms with Crippen molar-refractivity contribution in [3.63, 3.8) is 0 Å². The van der Waals surface area contributed by atoms with Crippen molar-refractivity contribution >= 4 is 34.3 Å². The number of hydrogen-bond acceptors (Lipinski definition) is 5. The smallest absolute Gasteiger partial charge is 0.270 e. The second-order valence-corrected chi connectivity index (χ2v) is 7.82. The van der Waals surface area contributed by atoms with E-state index in [0.29, 0.717) is 6.42 Å². The normalized spacial score (nSPS) is 17.5. The van der Waals surface area contributed by atoms with Gasteiger partial charge in [0.1, 0.15) is 6.54 Å². The lowest BCUT2D eigenvalue weighted by molar-refractivity contribution is -0.384. The number of fused-ring (bicyclic) bond motifs is 4. The molecule has 2 aromatic carbocycles. The monoisotopic (exact) mass is 418 g/mol. The highest BCUT2D eigenvalue weighted by Gasteiger charge is 2.38. The summed E-state index contributed by atoms with van der Waals surface area (Å²) in [5.41, 5.74) is 3.17. The third-order valence-corrected chi connectivity index (χ3v) is 5.93. The largest absolute Gasteiger partial charge is 0.358 e. The molecule has 9 nitrogen and oxygen atoms in total. The first kappa shape index (κ1) is 19.0. The summed E-state index contributed by atoms with van der Waals surface area (Å²) in [6.07, 6.45) is 2.22. The van der Waals surface area contributed by atoms with Gasteiger partial charge in [0.25, 0.3) is 17.5 Å². The molecule has 1 atom stereocenters. The average molecular weight is 418 g/mol. The third kappa shape index (κ3) is 3.14. The van der Waals surface area contributed by atoms with Gasteiger partial charge in [0.05, 0.1) is 16.1 Å². The summed E-state index contributed by atoms with van der Waals surface area (Å²) in [6.45, 7) is -0.420. The molecule has 0 spiro atoms. The number of non-ortho nitro benzene ring substituents is 1. The summed E-state index contributed by atoms with van der Waals surface area (Å²) in [6, 6.07) is 11.5. The first-order chi connectivity index (χ1) is 14.9. The van der Waals surface area contributed by atoms with Gasteiger partial charge < -0.3 is 10.3 Å². The number of amides is 3. The molecule has 5 rings (SSSR count). The van der Waals surface area contributed by atoms with E-state index in [1.54, 1.807) is 0 Å². The van der Waals surface area contributed by atoms with Crippen LogP contribution < -0.4 is 5.32 Å². The number of benzene rings is 2. The van der Waals surface area contributed by atoms with Crippen LogP contribution in [0.3, 0.4) is 0 Å². The Hall–Kier alpha value is -4.01. The number of para-hydroxylation sites is 1. The molecule has 1 aliphatic carbocycles. The Labute approximate surface area is 176 Å². The molecule has 1 aliphatic heterocycles. The van der Waals surface area contributed by atoms with Crippen molar-refractivity contribution in [1.29, 1.82) is 0 Å². The number of nitrogens with one attached hydrogen (secondary N) is 2. The molecule has 156 valence electrons. The maximum atomic E-state index is 12.6. The van der Waals surface area contributed by atoms with Gasteiger partial charge in [0.2, 0.25) is 5.91 Å². The van der Waals surface area contributed by atoms with Crippen molar-refractivity contribution in [2.45, 2.75) is 25.3 Å². The van der Waals surface area contributed by atoms with Crippen molar-refractivity contribution in [3.8, 4) is 0 Å². The van der Waals surface area contributed by atoms with Crippen molar-refractivity contribution in [1.82, 2.24) is 15.2 Å². The maximum absolute atomic E-state index is 12.6. The highest BCUT2D eigenvalue weighted by molar-refractivity contribution is 6.22. The SMILES string of the molecule is O=C(CN1C(=O)c2ccc([N+](=O)[O-])cc2C1=O)NC1CCc2c([nH]c3ccccc23)C1. The predicted octanol–water partition coefficient (Wildman–Crippen LogP) is 2.35. The molecule has 2 heterocycles. The molecular weight excluding hydrogens is 400 g/mol. The van der Waals surface area contributed by atoms with E-state index in [2.05, 4.69) is 16.4 Å². The molecule has 9 heteroatoms. The molecule has 1 unspecified atom stereocenters. The zero-order valence-electron chi connectivity index (χ0n) is 16.4. The summed E-state index contributed by atoms with van der Waals surface area (Å²) < 4.78 is 0. The highest BCUT2D eigenvalue weighted by Crippen LogP contribution is 2.29. The van der Waals surface area contributed by atoms with Gasteiger partial charge in [-0.05, 0) is 30.5 Å². The fraction of sp³-hybridized carbons (Fsp3) is 0.227. The van der Waals surface area contributed by atoms with E-state index in [4.69, 9.17) is 0 Å². The number of nitro groups is 1. The molecule has 31 heavy (non-hydrogen) atoms. The zero-order chi connectivity index (χ0) is 21.7. The molecule has 1 aromatic heterocycles. The van der Waals surface area contributed by atoms with Gasteiger partial charge in [-0.15, -0.1) is 0 Å². The number of aromatic amines is 1. The van der Waals surface area contributed by atoms with Crippen LogP contribution in [-0.2, 0) is 17.6 Å². The standard InChI is InChI=1S/C22H18N4O5/c27-20(11-25-21(28)16-8-6-13(26(30)31)10-17(16)22(25)29)23-12-5-7-15-14-3-1-2-4-18(14)24-19(15)9-12/h1-4,6,8,10,12,24H,5,7,9,11H2,(H,23,27). The van der Waals surface area contributed by atoms with Crippen molar-refractivity contribution < 1.29 is 19.3 Å². The zero-order valence-corrected chi connectivity index (χ0v) is 16.4. The van der Waals surface area contributed by atoms with Crippen LogP contribution in [0.1, 0.15) is 38.4 Å². The van der Waals surface area contributed by atoms with Crippen LogP contribution in [0.4, 0.5) is 5.69 Å². The average Bonchev–Trinajstić information content (AvgIpc) is 3.23. The van der Waals surface area contributed by atoms with E-state index in [-0.39, 0.29) is 22.9 Å². The fourth-order valence-corrected chi connectivity index (χ4v) is 4.46. The molecular formula is C22H18N4O5. The van der Waals surface area contributed by atoms with Crippen molar-refractivity contribution in [2.24, 2.45) is 0 Å². The van der Waals surface area contributed by atoms with E-state index >= 15 is 0 Å². The van der Waals surface area contributed by atoms with Crippen molar-refractivity contribution in [2.75, 3.05) is 6.54 Å². The van der Waals surface area contributed by atoms with Crippen LogP contribution in [0.15, 0.2) is 42.5 Å². The first-order valence-corrected chi connectivity index (χ1v) is 9.95. The van der Waals surface area contributed by atoms with Gasteiger partial charge >= 0.3 is 0 Å². The summed E-state index contributed by atoms with van der Waals surface area (Å²) in [5, 5.41) is 15.1. The molecule has 0 saturated heterocycles. The number of H-pyrrole nitrogens is 1. The summed E-state index contributed by atoms with van der Waals surface area (Å²) in [7, 11) is 0. The van der Waals surface area contributed by atoms with Crippen LogP contribution in [0, 0.1) is 10.1 Å². The summed E-state index contributed by atoms with van der Waals surface area (Å²) in [5.74, 6) is -1.75. The number of hydrogen-bond donors (Lipinski definition) is 2. The van der Waals surface area contributed by atoms with Gasteiger partial charge in [-0.3, -0.25) is 29.4 Å².